The van der Waals surface area contributed by atoms with Crippen molar-refractivity contribution in [2.24, 2.45) is 11.1 Å². The largest absolute Gasteiger partial charge is 0.469 e. The zero-order valence-corrected chi connectivity index (χ0v) is 23.0. The highest BCUT2D eigenvalue weighted by atomic mass is 35.5. The summed E-state index contributed by atoms with van der Waals surface area (Å²) in [5.41, 5.74) is 6.06. The molecule has 2 heterocycles. The number of benzene rings is 1. The molecule has 5 rings (SSSR count). The van der Waals surface area contributed by atoms with E-state index < -0.39 is 32.1 Å². The van der Waals surface area contributed by atoms with Gasteiger partial charge in [0, 0.05) is 40.4 Å². The van der Waals surface area contributed by atoms with E-state index in [1.54, 1.807) is 18.2 Å². The fraction of sp³-hybridized carbons (Fsp3) is 0.360. The molecule has 14 heteroatoms. The van der Waals surface area contributed by atoms with Gasteiger partial charge in [-0.05, 0) is 43.2 Å². The summed E-state index contributed by atoms with van der Waals surface area (Å²) in [6.45, 7) is 0. The van der Waals surface area contributed by atoms with Gasteiger partial charge in [0.25, 0.3) is 5.91 Å². The molecule has 3 aromatic rings. The predicted molar refractivity (Wildman–Crippen MR) is 142 cm³/mol. The number of halogens is 1. The molecule has 2 aromatic heterocycles. The van der Waals surface area contributed by atoms with Crippen LogP contribution in [0.5, 0.6) is 0 Å². The fourth-order valence-corrected chi connectivity index (χ4v) is 6.42. The van der Waals surface area contributed by atoms with Crippen LogP contribution in [0.3, 0.4) is 0 Å². The number of hydrogen-bond donors (Lipinski definition) is 3. The topological polar surface area (TPSA) is 167 Å². The lowest BCUT2D eigenvalue weighted by atomic mass is 9.61. The first-order chi connectivity index (χ1) is 18.4. The molecule has 1 unspecified atom stereocenters. The fourth-order valence-electron chi connectivity index (χ4n) is 4.76. The Balaban J connectivity index is 1.17. The second-order valence-electron chi connectivity index (χ2n) is 9.63. The van der Waals surface area contributed by atoms with E-state index in [0.29, 0.717) is 41.3 Å². The minimum absolute atomic E-state index is 0.0687. The molecular formula is C25H23ClN4O7S2. The zero-order valence-electron chi connectivity index (χ0n) is 20.6. The summed E-state index contributed by atoms with van der Waals surface area (Å²) in [5, 5.41) is 2.97. The van der Waals surface area contributed by atoms with Crippen LogP contribution in [-0.2, 0) is 34.2 Å². The van der Waals surface area contributed by atoms with Crippen molar-refractivity contribution in [2.75, 3.05) is 7.11 Å². The molecule has 0 aliphatic heterocycles. The maximum absolute atomic E-state index is 12.9. The SMILES string of the molecule is COC(=O)CCC(=O)NS(=O)(=S)c1ccc(C(=O)N[C@@]2(N)C#C[C@]3(C2)C[C@@H](c2nc4cc(Cl)ccc4o2)C3)o1. The molecule has 1 fully saturated rings. The number of methoxy groups -OCH3 is 1. The normalized spacial score (nSPS) is 24.8. The number of oxazole rings is 1. The molecular weight excluding hydrogens is 568 g/mol. The van der Waals surface area contributed by atoms with Crippen LogP contribution in [0.1, 0.15) is 54.5 Å². The predicted octanol–water partition coefficient (Wildman–Crippen LogP) is 2.52. The first-order valence-corrected chi connectivity index (χ1v) is 14.7. The zero-order chi connectivity index (χ0) is 28.0. The lowest BCUT2D eigenvalue weighted by Crippen LogP contribution is -2.56. The van der Waals surface area contributed by atoms with E-state index in [1.165, 1.54) is 19.2 Å². The average molecular weight is 591 g/mol. The second-order valence-corrected chi connectivity index (χ2v) is 13.1. The molecule has 0 bridgehead atoms. The number of nitrogens with zero attached hydrogens (tertiary/aromatic N) is 1. The molecule has 2 atom stereocenters. The molecule has 39 heavy (non-hydrogen) atoms. The molecule has 11 nitrogen and oxygen atoms in total. The van der Waals surface area contributed by atoms with Gasteiger partial charge in [-0.15, -0.1) is 0 Å². The summed E-state index contributed by atoms with van der Waals surface area (Å²) in [6.07, 6.45) is 1.23. The van der Waals surface area contributed by atoms with Crippen molar-refractivity contribution in [3.63, 3.8) is 0 Å². The quantitative estimate of drug-likeness (QED) is 0.201. The Hall–Kier alpha value is -3.44. The van der Waals surface area contributed by atoms with Crippen molar-refractivity contribution in [3.8, 4) is 11.8 Å². The van der Waals surface area contributed by atoms with Crippen LogP contribution in [0.15, 0.2) is 44.3 Å². The van der Waals surface area contributed by atoms with Gasteiger partial charge in [0.05, 0.1) is 13.5 Å². The Labute approximate surface area is 233 Å². The smallest absolute Gasteiger partial charge is 0.306 e. The highest BCUT2D eigenvalue weighted by Gasteiger charge is 2.53. The van der Waals surface area contributed by atoms with Crippen LogP contribution in [-0.4, -0.2) is 39.7 Å². The third kappa shape index (κ3) is 5.65. The lowest BCUT2D eigenvalue weighted by molar-refractivity contribution is -0.142. The number of fused-ring (bicyclic) bond motifs is 1. The molecule has 1 saturated carbocycles. The summed E-state index contributed by atoms with van der Waals surface area (Å²) in [7, 11) is -2.39. The Morgan fingerprint density at radius 3 is 2.74 bits per heavy atom. The maximum atomic E-state index is 12.9. The van der Waals surface area contributed by atoms with Crippen LogP contribution in [0, 0.1) is 17.3 Å². The molecule has 204 valence electrons. The molecule has 0 radical (unpaired) electrons. The number of nitrogens with one attached hydrogen (secondary N) is 2. The number of rotatable bonds is 8. The van der Waals surface area contributed by atoms with Crippen molar-refractivity contribution < 1.29 is 32.2 Å². The van der Waals surface area contributed by atoms with Gasteiger partial charge < -0.3 is 18.9 Å². The van der Waals surface area contributed by atoms with E-state index in [2.05, 4.69) is 31.6 Å². The lowest BCUT2D eigenvalue weighted by Gasteiger charge is -2.43. The third-order valence-electron chi connectivity index (χ3n) is 6.60. The summed E-state index contributed by atoms with van der Waals surface area (Å²) in [4.78, 5) is 40.6. The monoisotopic (exact) mass is 590 g/mol. The highest BCUT2D eigenvalue weighted by Crippen LogP contribution is 2.56. The Morgan fingerprint density at radius 2 is 2.00 bits per heavy atom. The number of carbonyl (C=O) groups excluding carboxylic acids is 3. The van der Waals surface area contributed by atoms with Gasteiger partial charge in [-0.1, -0.05) is 23.4 Å². The minimum Gasteiger partial charge on any atom is -0.469 e. The Kier molecular flexibility index (Phi) is 6.92. The van der Waals surface area contributed by atoms with Gasteiger partial charge in [0.15, 0.2) is 31.6 Å². The van der Waals surface area contributed by atoms with Crippen LogP contribution >= 0.6 is 11.6 Å². The number of ether oxygens (including phenoxy) is 1. The van der Waals surface area contributed by atoms with Crippen molar-refractivity contribution in [1.29, 1.82) is 0 Å². The van der Waals surface area contributed by atoms with Crippen LogP contribution in [0.2, 0.25) is 5.02 Å². The second kappa shape index (κ2) is 9.95. The standard InChI is InChI=1S/C25H23ClN4O7S2/c1-35-20(32)6-5-19(31)30-39(34,38)21-7-4-18(36-21)22(33)29-25(27)9-8-24(13-25)11-14(12-24)23-28-16-10-15(26)2-3-17(16)37-23/h2-4,7,10,14H,5-6,11-13,27H2,1H3,(H,29,33)(H,30,31)/t14-,24+,25-,39?/m0/s1. The van der Waals surface area contributed by atoms with Crippen molar-refractivity contribution in [1.82, 2.24) is 15.0 Å². The Bertz CT molecular complexity index is 1660. The molecule has 1 spiro atoms. The van der Waals surface area contributed by atoms with E-state index in [-0.39, 0.29) is 35.0 Å². The molecule has 2 aliphatic carbocycles. The number of aromatic nitrogens is 1. The molecule has 2 aliphatic rings. The van der Waals surface area contributed by atoms with Gasteiger partial charge in [0.1, 0.15) is 5.52 Å². The summed E-state index contributed by atoms with van der Waals surface area (Å²) in [5.74, 6) is 4.60. The average Bonchev–Trinajstić information content (AvgIpc) is 3.58. The Morgan fingerprint density at radius 1 is 1.23 bits per heavy atom. The van der Waals surface area contributed by atoms with E-state index in [4.69, 9.17) is 37.4 Å². The van der Waals surface area contributed by atoms with E-state index in [1.807, 2.05) is 0 Å². The number of esters is 1. The number of carbonyl (C=O) groups is 3. The van der Waals surface area contributed by atoms with E-state index in [9.17, 15) is 18.6 Å². The van der Waals surface area contributed by atoms with E-state index in [0.717, 1.165) is 0 Å². The number of amides is 2. The van der Waals surface area contributed by atoms with Crippen molar-refractivity contribution >= 4 is 60.4 Å². The third-order valence-corrected chi connectivity index (χ3v) is 8.82. The molecule has 2 amide bonds. The van der Waals surface area contributed by atoms with Crippen LogP contribution in [0.25, 0.3) is 11.1 Å². The summed E-state index contributed by atoms with van der Waals surface area (Å²) < 4.78 is 30.7. The van der Waals surface area contributed by atoms with Crippen LogP contribution < -0.4 is 15.8 Å². The van der Waals surface area contributed by atoms with Crippen molar-refractivity contribution in [2.45, 2.75) is 48.8 Å². The first-order valence-electron chi connectivity index (χ1n) is 11.8. The number of nitrogens with two attached hydrogens (primary N) is 1. The molecule has 1 aromatic carbocycles. The van der Waals surface area contributed by atoms with E-state index >= 15 is 0 Å². The summed E-state index contributed by atoms with van der Waals surface area (Å²) in [6, 6.07) is 7.78. The molecule has 4 N–H and O–H groups in total. The number of hydrogen-bond acceptors (Lipinski definition) is 10. The maximum Gasteiger partial charge on any atom is 0.306 e. The first kappa shape index (κ1) is 27.1. The van der Waals surface area contributed by atoms with Crippen LogP contribution in [0.4, 0.5) is 0 Å². The highest BCUT2D eigenvalue weighted by molar-refractivity contribution is 8.32. The number of furan rings is 1. The van der Waals surface area contributed by atoms with Gasteiger partial charge in [0.2, 0.25) is 11.0 Å². The minimum atomic E-state index is -3.57. The van der Waals surface area contributed by atoms with Gasteiger partial charge in [-0.2, -0.15) is 0 Å². The molecule has 0 saturated heterocycles. The van der Waals surface area contributed by atoms with Gasteiger partial charge in [-0.3, -0.25) is 24.8 Å². The van der Waals surface area contributed by atoms with Gasteiger partial charge >= 0.3 is 5.97 Å². The van der Waals surface area contributed by atoms with Crippen molar-refractivity contribution in [3.05, 3.63) is 47.0 Å². The van der Waals surface area contributed by atoms with Gasteiger partial charge in [-0.25, -0.2) is 9.19 Å². The summed E-state index contributed by atoms with van der Waals surface area (Å²) >= 11 is 11.0.